The molecule has 0 saturated carbocycles. The Bertz CT molecular complexity index is 483. The SMILES string of the molecule is CCC1CN(CC(=O)Nc2ccc(F)c(N)c2)CCS1. The topological polar surface area (TPSA) is 58.4 Å². The minimum absolute atomic E-state index is 0.0446. The lowest BCUT2D eigenvalue weighted by Gasteiger charge is -2.31. The van der Waals surface area contributed by atoms with Crippen LogP contribution in [0.3, 0.4) is 0 Å². The van der Waals surface area contributed by atoms with E-state index < -0.39 is 5.82 Å². The summed E-state index contributed by atoms with van der Waals surface area (Å²) in [7, 11) is 0. The van der Waals surface area contributed by atoms with Crippen LogP contribution in [0.25, 0.3) is 0 Å². The molecule has 6 heteroatoms. The number of nitrogens with one attached hydrogen (secondary N) is 1. The molecule has 1 amide bonds. The van der Waals surface area contributed by atoms with Crippen molar-refractivity contribution in [3.63, 3.8) is 0 Å². The van der Waals surface area contributed by atoms with Gasteiger partial charge in [-0.3, -0.25) is 9.69 Å². The van der Waals surface area contributed by atoms with E-state index in [1.165, 1.54) is 18.2 Å². The molecule has 0 aromatic heterocycles. The van der Waals surface area contributed by atoms with Crippen LogP contribution in [-0.4, -0.2) is 41.4 Å². The number of anilines is 2. The third kappa shape index (κ3) is 4.11. The highest BCUT2D eigenvalue weighted by atomic mass is 32.2. The Kier molecular flexibility index (Phi) is 5.25. The lowest BCUT2D eigenvalue weighted by Crippen LogP contribution is -2.42. The second kappa shape index (κ2) is 6.95. The molecule has 1 aromatic carbocycles. The summed E-state index contributed by atoms with van der Waals surface area (Å²) in [6.45, 7) is 4.41. The summed E-state index contributed by atoms with van der Waals surface area (Å²) >= 11 is 1.97. The standard InChI is InChI=1S/C14H20FN3OS/c1-2-11-8-18(5-6-20-11)9-14(19)17-10-3-4-12(15)13(16)7-10/h3-4,7,11H,2,5-6,8-9,16H2,1H3,(H,17,19). The Morgan fingerprint density at radius 1 is 1.60 bits per heavy atom. The molecule has 1 aliphatic heterocycles. The number of carbonyl (C=O) groups is 1. The van der Waals surface area contributed by atoms with E-state index in [1.807, 2.05) is 11.8 Å². The molecule has 0 radical (unpaired) electrons. The van der Waals surface area contributed by atoms with Gasteiger partial charge >= 0.3 is 0 Å². The van der Waals surface area contributed by atoms with E-state index in [0.29, 0.717) is 17.5 Å². The average Bonchev–Trinajstić information content (AvgIpc) is 2.43. The molecule has 0 bridgehead atoms. The summed E-state index contributed by atoms with van der Waals surface area (Å²) in [5.74, 6) is 0.509. The fourth-order valence-corrected chi connectivity index (χ4v) is 3.44. The minimum Gasteiger partial charge on any atom is -0.396 e. The van der Waals surface area contributed by atoms with E-state index in [0.717, 1.165) is 25.3 Å². The van der Waals surface area contributed by atoms with Crippen molar-refractivity contribution >= 4 is 29.0 Å². The van der Waals surface area contributed by atoms with E-state index in [9.17, 15) is 9.18 Å². The van der Waals surface area contributed by atoms with Crippen LogP contribution in [0, 0.1) is 5.82 Å². The molecule has 0 aliphatic carbocycles. The second-order valence-electron chi connectivity index (χ2n) is 4.92. The molecule has 20 heavy (non-hydrogen) atoms. The van der Waals surface area contributed by atoms with Gasteiger partial charge in [0.2, 0.25) is 5.91 Å². The number of halogens is 1. The van der Waals surface area contributed by atoms with Gasteiger partial charge in [0.1, 0.15) is 5.82 Å². The number of nitrogens with zero attached hydrogens (tertiary/aromatic N) is 1. The first-order valence-electron chi connectivity index (χ1n) is 6.77. The summed E-state index contributed by atoms with van der Waals surface area (Å²) < 4.78 is 13.0. The molecule has 1 unspecified atom stereocenters. The summed E-state index contributed by atoms with van der Waals surface area (Å²) in [5, 5.41) is 3.37. The third-order valence-electron chi connectivity index (χ3n) is 3.33. The Morgan fingerprint density at radius 2 is 2.40 bits per heavy atom. The van der Waals surface area contributed by atoms with Crippen molar-refractivity contribution in [2.24, 2.45) is 0 Å². The second-order valence-corrected chi connectivity index (χ2v) is 6.33. The number of benzene rings is 1. The lowest BCUT2D eigenvalue weighted by atomic mass is 10.2. The van der Waals surface area contributed by atoms with Crippen molar-refractivity contribution in [3.8, 4) is 0 Å². The first-order valence-corrected chi connectivity index (χ1v) is 7.82. The van der Waals surface area contributed by atoms with Gasteiger partial charge < -0.3 is 11.1 Å². The molecule has 0 spiro atoms. The third-order valence-corrected chi connectivity index (χ3v) is 4.70. The van der Waals surface area contributed by atoms with Gasteiger partial charge in [0, 0.05) is 29.8 Å². The van der Waals surface area contributed by atoms with E-state index >= 15 is 0 Å². The van der Waals surface area contributed by atoms with Gasteiger partial charge in [-0.2, -0.15) is 11.8 Å². The normalized spacial score (nSPS) is 19.8. The fourth-order valence-electron chi connectivity index (χ4n) is 2.20. The number of rotatable bonds is 4. The molecule has 3 N–H and O–H groups in total. The predicted molar refractivity (Wildman–Crippen MR) is 82.4 cm³/mol. The lowest BCUT2D eigenvalue weighted by molar-refractivity contribution is -0.117. The maximum atomic E-state index is 13.0. The van der Waals surface area contributed by atoms with Crippen molar-refractivity contribution in [3.05, 3.63) is 24.0 Å². The van der Waals surface area contributed by atoms with E-state index in [1.54, 1.807) is 0 Å². The summed E-state index contributed by atoms with van der Waals surface area (Å²) in [4.78, 5) is 14.1. The van der Waals surface area contributed by atoms with Crippen molar-refractivity contribution in [2.45, 2.75) is 18.6 Å². The first-order chi connectivity index (χ1) is 9.58. The Balaban J connectivity index is 1.87. The van der Waals surface area contributed by atoms with Crippen molar-refractivity contribution in [1.82, 2.24) is 4.90 Å². The zero-order chi connectivity index (χ0) is 14.5. The summed E-state index contributed by atoms with van der Waals surface area (Å²) in [6, 6.07) is 4.22. The van der Waals surface area contributed by atoms with Gasteiger partial charge in [0.25, 0.3) is 0 Å². The smallest absolute Gasteiger partial charge is 0.238 e. The number of hydrogen-bond donors (Lipinski definition) is 2. The van der Waals surface area contributed by atoms with Crippen molar-refractivity contribution < 1.29 is 9.18 Å². The predicted octanol–water partition coefficient (Wildman–Crippen LogP) is 2.17. The first kappa shape index (κ1) is 15.1. The molecule has 1 heterocycles. The van der Waals surface area contributed by atoms with Crippen LogP contribution in [0.4, 0.5) is 15.8 Å². The van der Waals surface area contributed by atoms with Crippen LogP contribution < -0.4 is 11.1 Å². The van der Waals surface area contributed by atoms with Crippen LogP contribution in [-0.2, 0) is 4.79 Å². The number of hydrogen-bond acceptors (Lipinski definition) is 4. The molecular weight excluding hydrogens is 277 g/mol. The van der Waals surface area contributed by atoms with Gasteiger partial charge in [-0.05, 0) is 24.6 Å². The van der Waals surface area contributed by atoms with E-state index in [2.05, 4.69) is 17.1 Å². The fraction of sp³-hybridized carbons (Fsp3) is 0.500. The highest BCUT2D eigenvalue weighted by molar-refractivity contribution is 8.00. The van der Waals surface area contributed by atoms with Gasteiger partial charge in [0.05, 0.1) is 12.2 Å². The van der Waals surface area contributed by atoms with Crippen LogP contribution in [0.2, 0.25) is 0 Å². The van der Waals surface area contributed by atoms with Crippen molar-refractivity contribution in [1.29, 1.82) is 0 Å². The highest BCUT2D eigenvalue weighted by Crippen LogP contribution is 2.21. The number of nitrogens with two attached hydrogens (primary N) is 1. The molecular formula is C14H20FN3OS. The van der Waals surface area contributed by atoms with Crippen LogP contribution in [0.1, 0.15) is 13.3 Å². The Morgan fingerprint density at radius 3 is 3.10 bits per heavy atom. The number of thioether (sulfide) groups is 1. The maximum Gasteiger partial charge on any atom is 0.238 e. The minimum atomic E-state index is -0.471. The number of nitrogen functional groups attached to an aromatic ring is 1. The van der Waals surface area contributed by atoms with Crippen LogP contribution in [0.15, 0.2) is 18.2 Å². The molecule has 110 valence electrons. The average molecular weight is 297 g/mol. The largest absolute Gasteiger partial charge is 0.396 e. The molecule has 1 fully saturated rings. The molecule has 1 atom stereocenters. The Hall–Kier alpha value is -1.27. The molecule has 1 saturated heterocycles. The van der Waals surface area contributed by atoms with Crippen LogP contribution in [0.5, 0.6) is 0 Å². The van der Waals surface area contributed by atoms with Gasteiger partial charge in [-0.25, -0.2) is 4.39 Å². The Labute approximate surface area is 122 Å². The quantitative estimate of drug-likeness (QED) is 0.836. The molecule has 4 nitrogen and oxygen atoms in total. The summed E-state index contributed by atoms with van der Waals surface area (Å²) in [5.41, 5.74) is 6.06. The molecule has 1 aliphatic rings. The molecule has 2 rings (SSSR count). The summed E-state index contributed by atoms with van der Waals surface area (Å²) in [6.07, 6.45) is 1.12. The zero-order valence-electron chi connectivity index (χ0n) is 11.6. The highest BCUT2D eigenvalue weighted by Gasteiger charge is 2.20. The molecule has 1 aromatic rings. The van der Waals surface area contributed by atoms with Gasteiger partial charge in [-0.1, -0.05) is 6.92 Å². The number of amides is 1. The van der Waals surface area contributed by atoms with E-state index in [4.69, 9.17) is 5.73 Å². The zero-order valence-corrected chi connectivity index (χ0v) is 12.4. The van der Waals surface area contributed by atoms with E-state index in [-0.39, 0.29) is 11.6 Å². The maximum absolute atomic E-state index is 13.0. The van der Waals surface area contributed by atoms with Gasteiger partial charge in [-0.15, -0.1) is 0 Å². The van der Waals surface area contributed by atoms with Gasteiger partial charge in [0.15, 0.2) is 0 Å². The number of carbonyl (C=O) groups excluding carboxylic acids is 1. The van der Waals surface area contributed by atoms with Crippen LogP contribution >= 0.6 is 11.8 Å². The van der Waals surface area contributed by atoms with Crippen molar-refractivity contribution in [2.75, 3.05) is 36.4 Å². The monoisotopic (exact) mass is 297 g/mol.